The van der Waals surface area contributed by atoms with Gasteiger partial charge in [0.2, 0.25) is 0 Å². The highest BCUT2D eigenvalue weighted by atomic mass is 32.2. The van der Waals surface area contributed by atoms with Gasteiger partial charge in [-0.3, -0.25) is 0 Å². The highest BCUT2D eigenvalue weighted by molar-refractivity contribution is 7.98. The molecule has 2 heteroatoms. The van der Waals surface area contributed by atoms with E-state index in [1.54, 1.807) is 0 Å². The lowest BCUT2D eigenvalue weighted by molar-refractivity contribution is 0.498. The van der Waals surface area contributed by atoms with Crippen LogP contribution in [0, 0.1) is 12.8 Å². The third-order valence-corrected chi connectivity index (χ3v) is 3.81. The zero-order valence-corrected chi connectivity index (χ0v) is 11.0. The molecule has 1 aromatic rings. The Hall–Kier alpha value is -0.470. The van der Waals surface area contributed by atoms with Gasteiger partial charge in [-0.2, -0.15) is 11.8 Å². The molecule has 0 heterocycles. The molecule has 1 unspecified atom stereocenters. The van der Waals surface area contributed by atoms with Crippen molar-refractivity contribution in [2.45, 2.75) is 25.8 Å². The lowest BCUT2D eigenvalue weighted by Gasteiger charge is -2.18. The van der Waals surface area contributed by atoms with Crippen molar-refractivity contribution >= 4 is 11.8 Å². The standard InChI is InChI=1S/C14H21NS/c1-11-3-5-12(6-4-11)14(13-7-8-13)15-9-10-16-2/h3-6,13-15H,7-10H2,1-2H3. The monoisotopic (exact) mass is 235 g/mol. The number of hydrogen-bond acceptors (Lipinski definition) is 2. The molecule has 88 valence electrons. The van der Waals surface area contributed by atoms with E-state index >= 15 is 0 Å². The predicted molar refractivity (Wildman–Crippen MR) is 73.0 cm³/mol. The minimum atomic E-state index is 0.591. The Balaban J connectivity index is 1.98. The summed E-state index contributed by atoms with van der Waals surface area (Å²) in [6.07, 6.45) is 4.95. The van der Waals surface area contributed by atoms with E-state index in [4.69, 9.17) is 0 Å². The molecule has 1 aromatic carbocycles. The van der Waals surface area contributed by atoms with Gasteiger partial charge in [-0.05, 0) is 37.5 Å². The Kier molecular flexibility index (Phi) is 4.30. The van der Waals surface area contributed by atoms with Crippen molar-refractivity contribution in [3.8, 4) is 0 Å². The Morgan fingerprint density at radius 1 is 1.31 bits per heavy atom. The quantitative estimate of drug-likeness (QED) is 0.758. The van der Waals surface area contributed by atoms with Gasteiger partial charge in [-0.15, -0.1) is 0 Å². The van der Waals surface area contributed by atoms with Crippen molar-refractivity contribution < 1.29 is 0 Å². The first-order chi connectivity index (χ1) is 7.81. The van der Waals surface area contributed by atoms with Crippen LogP contribution in [0.25, 0.3) is 0 Å². The minimum Gasteiger partial charge on any atom is -0.309 e. The Morgan fingerprint density at radius 2 is 2.00 bits per heavy atom. The molecular weight excluding hydrogens is 214 g/mol. The Bertz CT molecular complexity index is 316. The van der Waals surface area contributed by atoms with E-state index in [2.05, 4.69) is 42.8 Å². The zero-order chi connectivity index (χ0) is 11.4. The van der Waals surface area contributed by atoms with Crippen molar-refractivity contribution in [3.05, 3.63) is 35.4 Å². The van der Waals surface area contributed by atoms with Gasteiger partial charge >= 0.3 is 0 Å². The normalized spacial score (nSPS) is 17.4. The van der Waals surface area contributed by atoms with Crippen LogP contribution in [0.15, 0.2) is 24.3 Å². The molecule has 1 N–H and O–H groups in total. The molecule has 1 aliphatic carbocycles. The molecule has 1 fully saturated rings. The van der Waals surface area contributed by atoms with Crippen LogP contribution in [0.3, 0.4) is 0 Å². The molecule has 0 bridgehead atoms. The first-order valence-electron chi connectivity index (χ1n) is 6.10. The third kappa shape index (κ3) is 3.26. The molecule has 1 atom stereocenters. The molecule has 1 saturated carbocycles. The number of hydrogen-bond donors (Lipinski definition) is 1. The van der Waals surface area contributed by atoms with Gasteiger partial charge in [-0.25, -0.2) is 0 Å². The number of benzene rings is 1. The number of aryl methyl sites for hydroxylation is 1. The van der Waals surface area contributed by atoms with Gasteiger partial charge in [0.15, 0.2) is 0 Å². The summed E-state index contributed by atoms with van der Waals surface area (Å²) < 4.78 is 0. The van der Waals surface area contributed by atoms with Gasteiger partial charge in [0, 0.05) is 18.3 Å². The molecule has 1 nitrogen and oxygen atoms in total. The molecule has 1 aliphatic rings. The van der Waals surface area contributed by atoms with Gasteiger partial charge < -0.3 is 5.32 Å². The summed E-state index contributed by atoms with van der Waals surface area (Å²) in [4.78, 5) is 0. The van der Waals surface area contributed by atoms with Crippen LogP contribution < -0.4 is 5.32 Å². The molecule has 0 aromatic heterocycles. The first kappa shape index (κ1) is 12.0. The van der Waals surface area contributed by atoms with E-state index in [9.17, 15) is 0 Å². The second kappa shape index (κ2) is 5.74. The first-order valence-corrected chi connectivity index (χ1v) is 7.49. The average Bonchev–Trinajstić information content (AvgIpc) is 3.10. The predicted octanol–water partition coefficient (Wildman–Crippen LogP) is 3.40. The van der Waals surface area contributed by atoms with Crippen LogP contribution in [0.2, 0.25) is 0 Å². The van der Waals surface area contributed by atoms with Crippen molar-refractivity contribution in [2.24, 2.45) is 5.92 Å². The summed E-state index contributed by atoms with van der Waals surface area (Å²) in [5.41, 5.74) is 2.82. The SMILES string of the molecule is CSCCNC(c1ccc(C)cc1)C1CC1. The summed E-state index contributed by atoms with van der Waals surface area (Å²) in [7, 11) is 0. The zero-order valence-electron chi connectivity index (χ0n) is 10.2. The summed E-state index contributed by atoms with van der Waals surface area (Å²) >= 11 is 1.91. The van der Waals surface area contributed by atoms with Crippen LogP contribution >= 0.6 is 11.8 Å². The second-order valence-corrected chi connectivity index (χ2v) is 5.66. The summed E-state index contributed by atoms with van der Waals surface area (Å²) in [6, 6.07) is 9.60. The number of nitrogens with one attached hydrogen (secondary N) is 1. The lowest BCUT2D eigenvalue weighted by atomic mass is 10.0. The second-order valence-electron chi connectivity index (χ2n) is 4.67. The molecule has 0 spiro atoms. The fourth-order valence-corrected chi connectivity index (χ4v) is 2.40. The fraction of sp³-hybridized carbons (Fsp3) is 0.571. The molecule has 2 rings (SSSR count). The van der Waals surface area contributed by atoms with E-state index in [0.29, 0.717) is 6.04 Å². The highest BCUT2D eigenvalue weighted by Crippen LogP contribution is 2.40. The highest BCUT2D eigenvalue weighted by Gasteiger charge is 2.31. The van der Waals surface area contributed by atoms with E-state index in [1.807, 2.05) is 11.8 Å². The molecule has 0 aliphatic heterocycles. The molecule has 0 saturated heterocycles. The summed E-state index contributed by atoms with van der Waals surface area (Å²) in [6.45, 7) is 3.27. The molecule has 0 radical (unpaired) electrons. The van der Waals surface area contributed by atoms with E-state index in [-0.39, 0.29) is 0 Å². The number of thioether (sulfide) groups is 1. The van der Waals surface area contributed by atoms with Crippen LogP contribution in [-0.4, -0.2) is 18.6 Å². The average molecular weight is 235 g/mol. The summed E-state index contributed by atoms with van der Waals surface area (Å²) in [5, 5.41) is 3.70. The minimum absolute atomic E-state index is 0.591. The van der Waals surface area contributed by atoms with E-state index in [0.717, 1.165) is 12.5 Å². The Labute approximate surface area is 103 Å². The van der Waals surface area contributed by atoms with Crippen molar-refractivity contribution in [1.29, 1.82) is 0 Å². The van der Waals surface area contributed by atoms with Crippen LogP contribution in [0.1, 0.15) is 30.0 Å². The summed E-state index contributed by atoms with van der Waals surface area (Å²) in [5.74, 6) is 2.08. The van der Waals surface area contributed by atoms with Crippen molar-refractivity contribution in [2.75, 3.05) is 18.6 Å². The van der Waals surface area contributed by atoms with Gasteiger partial charge in [0.05, 0.1) is 0 Å². The maximum atomic E-state index is 3.70. The van der Waals surface area contributed by atoms with Gasteiger partial charge in [0.25, 0.3) is 0 Å². The van der Waals surface area contributed by atoms with Gasteiger partial charge in [-0.1, -0.05) is 29.8 Å². The maximum Gasteiger partial charge on any atom is 0.0348 e. The largest absolute Gasteiger partial charge is 0.309 e. The third-order valence-electron chi connectivity index (χ3n) is 3.20. The maximum absolute atomic E-state index is 3.70. The Morgan fingerprint density at radius 3 is 2.56 bits per heavy atom. The van der Waals surface area contributed by atoms with Crippen LogP contribution in [-0.2, 0) is 0 Å². The van der Waals surface area contributed by atoms with Crippen LogP contribution in [0.5, 0.6) is 0 Å². The number of rotatable bonds is 6. The van der Waals surface area contributed by atoms with E-state index in [1.165, 1.54) is 29.7 Å². The fourth-order valence-electron chi connectivity index (χ4n) is 2.08. The van der Waals surface area contributed by atoms with E-state index < -0.39 is 0 Å². The van der Waals surface area contributed by atoms with Crippen molar-refractivity contribution in [3.63, 3.8) is 0 Å². The topological polar surface area (TPSA) is 12.0 Å². The van der Waals surface area contributed by atoms with Crippen LogP contribution in [0.4, 0.5) is 0 Å². The molecule has 16 heavy (non-hydrogen) atoms. The smallest absolute Gasteiger partial charge is 0.0348 e. The molecule has 0 amide bonds. The molecular formula is C14H21NS. The van der Waals surface area contributed by atoms with Gasteiger partial charge in [0.1, 0.15) is 0 Å². The lowest BCUT2D eigenvalue weighted by Crippen LogP contribution is -2.25. The van der Waals surface area contributed by atoms with Crippen molar-refractivity contribution in [1.82, 2.24) is 5.32 Å².